The molecule has 138 valence electrons. The summed E-state index contributed by atoms with van der Waals surface area (Å²) < 4.78 is 0. The Morgan fingerprint density at radius 1 is 0.926 bits per heavy atom. The van der Waals surface area contributed by atoms with Crippen LogP contribution < -0.4 is 10.2 Å². The lowest BCUT2D eigenvalue weighted by atomic mass is 10.0. The minimum atomic E-state index is -0.337. The SMILES string of the molecule is CCN(C)c1ccc(C(=O)c2ccc(NCN3C(=O)C=CC3=O)cc2)cc1. The van der Waals surface area contributed by atoms with Gasteiger partial charge in [0.05, 0.1) is 6.67 Å². The van der Waals surface area contributed by atoms with Crippen LogP contribution in [-0.4, -0.2) is 42.8 Å². The maximum atomic E-state index is 12.6. The summed E-state index contributed by atoms with van der Waals surface area (Å²) in [5.74, 6) is -0.728. The molecule has 3 rings (SSSR count). The van der Waals surface area contributed by atoms with Gasteiger partial charge in [-0.15, -0.1) is 0 Å². The largest absolute Gasteiger partial charge is 0.375 e. The van der Waals surface area contributed by atoms with Crippen LogP contribution in [0, 0.1) is 0 Å². The molecule has 1 N–H and O–H groups in total. The fourth-order valence-corrected chi connectivity index (χ4v) is 2.71. The molecule has 0 fully saturated rings. The molecule has 0 unspecified atom stereocenters. The third kappa shape index (κ3) is 4.06. The molecule has 27 heavy (non-hydrogen) atoms. The smallest absolute Gasteiger partial charge is 0.255 e. The zero-order chi connectivity index (χ0) is 19.4. The average molecular weight is 363 g/mol. The molecular weight excluding hydrogens is 342 g/mol. The Hall–Kier alpha value is -3.41. The van der Waals surface area contributed by atoms with Crippen LogP contribution in [0.4, 0.5) is 11.4 Å². The fraction of sp³-hybridized carbons (Fsp3) is 0.190. The molecule has 0 saturated carbocycles. The normalized spacial score (nSPS) is 13.2. The summed E-state index contributed by atoms with van der Waals surface area (Å²) in [6.07, 6.45) is 2.49. The molecule has 0 atom stereocenters. The summed E-state index contributed by atoms with van der Waals surface area (Å²) in [6.45, 7) is 3.05. The van der Waals surface area contributed by atoms with Crippen LogP contribution in [0.15, 0.2) is 60.7 Å². The maximum Gasteiger partial charge on any atom is 0.255 e. The summed E-state index contributed by atoms with van der Waals surface area (Å²) in [5.41, 5.74) is 2.99. The molecule has 1 aliphatic heterocycles. The number of imide groups is 1. The van der Waals surface area contributed by atoms with Gasteiger partial charge in [0.15, 0.2) is 5.78 Å². The van der Waals surface area contributed by atoms with Gasteiger partial charge in [-0.2, -0.15) is 0 Å². The minimum Gasteiger partial charge on any atom is -0.375 e. The first kappa shape index (κ1) is 18.4. The van der Waals surface area contributed by atoms with Gasteiger partial charge in [0.2, 0.25) is 0 Å². The number of carbonyl (C=O) groups excluding carboxylic acids is 3. The minimum absolute atomic E-state index is 0.0543. The van der Waals surface area contributed by atoms with Crippen LogP contribution in [0.2, 0.25) is 0 Å². The zero-order valence-corrected chi connectivity index (χ0v) is 15.3. The van der Waals surface area contributed by atoms with Gasteiger partial charge in [0.1, 0.15) is 0 Å². The highest BCUT2D eigenvalue weighted by Gasteiger charge is 2.22. The highest BCUT2D eigenvalue weighted by molar-refractivity contribution is 6.13. The Balaban J connectivity index is 1.63. The second-order valence-electron chi connectivity index (χ2n) is 6.24. The van der Waals surface area contributed by atoms with Crippen LogP contribution in [-0.2, 0) is 9.59 Å². The van der Waals surface area contributed by atoms with Crippen LogP contribution in [0.3, 0.4) is 0 Å². The molecule has 2 aromatic carbocycles. The molecule has 0 bridgehead atoms. The predicted molar refractivity (Wildman–Crippen MR) is 105 cm³/mol. The molecule has 2 amide bonds. The van der Waals surface area contributed by atoms with Gasteiger partial charge < -0.3 is 10.2 Å². The van der Waals surface area contributed by atoms with Crippen molar-refractivity contribution in [2.45, 2.75) is 6.92 Å². The van der Waals surface area contributed by atoms with Crippen molar-refractivity contribution in [3.05, 3.63) is 71.8 Å². The maximum absolute atomic E-state index is 12.6. The molecule has 1 aliphatic rings. The van der Waals surface area contributed by atoms with E-state index in [-0.39, 0.29) is 24.3 Å². The van der Waals surface area contributed by atoms with Gasteiger partial charge in [0.25, 0.3) is 11.8 Å². The van der Waals surface area contributed by atoms with Crippen molar-refractivity contribution in [1.29, 1.82) is 0 Å². The van der Waals surface area contributed by atoms with Crippen molar-refractivity contribution in [2.24, 2.45) is 0 Å². The summed E-state index contributed by atoms with van der Waals surface area (Å²) in [5, 5.41) is 3.01. The van der Waals surface area contributed by atoms with E-state index in [4.69, 9.17) is 0 Å². The first-order chi connectivity index (χ1) is 13.0. The highest BCUT2D eigenvalue weighted by Crippen LogP contribution is 2.18. The molecule has 0 aromatic heterocycles. The Morgan fingerprint density at radius 2 is 1.44 bits per heavy atom. The molecule has 0 spiro atoms. The third-order valence-corrected chi connectivity index (χ3v) is 4.53. The van der Waals surface area contributed by atoms with E-state index in [2.05, 4.69) is 17.1 Å². The number of amides is 2. The molecule has 6 heteroatoms. The van der Waals surface area contributed by atoms with Gasteiger partial charge >= 0.3 is 0 Å². The van der Waals surface area contributed by atoms with Crippen LogP contribution >= 0.6 is 0 Å². The van der Waals surface area contributed by atoms with Crippen LogP contribution in [0.5, 0.6) is 0 Å². The molecule has 0 aliphatic carbocycles. The van der Waals surface area contributed by atoms with Gasteiger partial charge in [-0.25, -0.2) is 0 Å². The fourth-order valence-electron chi connectivity index (χ4n) is 2.71. The number of hydrogen-bond donors (Lipinski definition) is 1. The highest BCUT2D eigenvalue weighted by atomic mass is 16.2. The zero-order valence-electron chi connectivity index (χ0n) is 15.3. The van der Waals surface area contributed by atoms with E-state index < -0.39 is 0 Å². The van der Waals surface area contributed by atoms with Gasteiger partial charge in [0, 0.05) is 48.2 Å². The second-order valence-corrected chi connectivity index (χ2v) is 6.24. The topological polar surface area (TPSA) is 69.7 Å². The van der Waals surface area contributed by atoms with Crippen molar-refractivity contribution < 1.29 is 14.4 Å². The summed E-state index contributed by atoms with van der Waals surface area (Å²) >= 11 is 0. The lowest BCUT2D eigenvalue weighted by molar-refractivity contribution is -0.136. The number of nitrogens with one attached hydrogen (secondary N) is 1. The lowest BCUT2D eigenvalue weighted by Crippen LogP contribution is -2.34. The Bertz CT molecular complexity index is 868. The Kier molecular flexibility index (Phi) is 5.35. The van der Waals surface area contributed by atoms with E-state index in [1.807, 2.05) is 31.3 Å². The van der Waals surface area contributed by atoms with Crippen molar-refractivity contribution >= 4 is 29.0 Å². The van der Waals surface area contributed by atoms with Crippen molar-refractivity contribution in [3.63, 3.8) is 0 Å². The van der Waals surface area contributed by atoms with E-state index in [0.29, 0.717) is 11.1 Å². The number of nitrogens with zero attached hydrogens (tertiary/aromatic N) is 2. The number of anilines is 2. The van der Waals surface area contributed by atoms with Gasteiger partial charge in [-0.1, -0.05) is 0 Å². The third-order valence-electron chi connectivity index (χ3n) is 4.53. The standard InChI is InChI=1S/C21H21N3O3/c1-3-23(2)18-10-6-16(7-11-18)21(27)15-4-8-17(9-5-15)22-14-24-19(25)12-13-20(24)26/h4-13,22H,3,14H2,1-2H3. The second kappa shape index (κ2) is 7.86. The van der Waals surface area contributed by atoms with Crippen LogP contribution in [0.1, 0.15) is 22.8 Å². The molecular formula is C21H21N3O3. The monoisotopic (exact) mass is 363 g/mol. The molecule has 2 aromatic rings. The molecule has 6 nitrogen and oxygen atoms in total. The molecule has 0 radical (unpaired) electrons. The summed E-state index contributed by atoms with van der Waals surface area (Å²) in [6, 6.07) is 14.5. The van der Waals surface area contributed by atoms with E-state index in [1.165, 1.54) is 12.2 Å². The van der Waals surface area contributed by atoms with E-state index in [9.17, 15) is 14.4 Å². The van der Waals surface area contributed by atoms with Crippen LogP contribution in [0.25, 0.3) is 0 Å². The number of carbonyl (C=O) groups is 3. The van der Waals surface area contributed by atoms with Gasteiger partial charge in [-0.05, 0) is 55.5 Å². The lowest BCUT2D eigenvalue weighted by Gasteiger charge is -2.17. The molecule has 1 heterocycles. The number of hydrogen-bond acceptors (Lipinski definition) is 5. The van der Waals surface area contributed by atoms with Crippen molar-refractivity contribution in [1.82, 2.24) is 4.90 Å². The van der Waals surface area contributed by atoms with Crippen molar-refractivity contribution in [2.75, 3.05) is 30.5 Å². The first-order valence-corrected chi connectivity index (χ1v) is 8.73. The molecule has 0 saturated heterocycles. The Morgan fingerprint density at radius 3 is 1.96 bits per heavy atom. The number of benzene rings is 2. The van der Waals surface area contributed by atoms with Gasteiger partial charge in [-0.3, -0.25) is 19.3 Å². The predicted octanol–water partition coefficient (Wildman–Crippen LogP) is 2.67. The number of ketones is 1. The average Bonchev–Trinajstić information content (AvgIpc) is 3.03. The van der Waals surface area contributed by atoms with E-state index in [1.54, 1.807) is 24.3 Å². The van der Waals surface area contributed by atoms with E-state index >= 15 is 0 Å². The number of rotatable bonds is 7. The quantitative estimate of drug-likeness (QED) is 0.605. The van der Waals surface area contributed by atoms with Crippen molar-refractivity contribution in [3.8, 4) is 0 Å². The summed E-state index contributed by atoms with van der Waals surface area (Å²) in [7, 11) is 2.00. The van der Waals surface area contributed by atoms with E-state index in [0.717, 1.165) is 22.8 Å². The summed E-state index contributed by atoms with van der Waals surface area (Å²) in [4.78, 5) is 38.9. The Labute approximate surface area is 158 Å². The first-order valence-electron chi connectivity index (χ1n) is 8.73.